The van der Waals surface area contributed by atoms with Crippen LogP contribution >= 0.6 is 23.1 Å². The summed E-state index contributed by atoms with van der Waals surface area (Å²) in [6, 6.07) is 10.5. The molecular weight excluding hydrogens is 425 g/mol. The van der Waals surface area contributed by atoms with E-state index in [0.29, 0.717) is 10.0 Å². The second-order valence-corrected chi connectivity index (χ2v) is 7.71. The highest BCUT2D eigenvalue weighted by Gasteiger charge is 2.30. The molecule has 0 radical (unpaired) electrons. The fraction of sp³-hybridized carbons (Fsp3) is 0.111. The molecule has 0 aliphatic rings. The number of alkyl halides is 3. The van der Waals surface area contributed by atoms with E-state index in [-0.39, 0.29) is 22.9 Å². The minimum absolute atomic E-state index is 0.0210. The molecule has 1 aromatic heterocycles. The molecule has 1 heterocycles. The molecule has 2 N–H and O–H groups in total. The largest absolute Gasteiger partial charge is 0.416 e. The Labute approximate surface area is 171 Å². The zero-order valence-corrected chi connectivity index (χ0v) is 16.2. The van der Waals surface area contributed by atoms with E-state index in [4.69, 9.17) is 0 Å². The van der Waals surface area contributed by atoms with Gasteiger partial charge in [0.25, 0.3) is 5.91 Å². The van der Waals surface area contributed by atoms with Crippen molar-refractivity contribution in [2.45, 2.75) is 10.5 Å². The number of halogens is 3. The summed E-state index contributed by atoms with van der Waals surface area (Å²) in [5, 5.41) is 12.6. The Morgan fingerprint density at radius 2 is 1.76 bits per heavy atom. The molecule has 0 unspecified atom stereocenters. The van der Waals surface area contributed by atoms with Crippen molar-refractivity contribution in [2.24, 2.45) is 0 Å². The number of nitrogens with one attached hydrogen (secondary N) is 2. The van der Waals surface area contributed by atoms with Gasteiger partial charge in [0.05, 0.1) is 11.3 Å². The third kappa shape index (κ3) is 6.03. The van der Waals surface area contributed by atoms with E-state index in [1.807, 2.05) is 0 Å². The van der Waals surface area contributed by atoms with Gasteiger partial charge in [-0.3, -0.25) is 9.59 Å². The van der Waals surface area contributed by atoms with Gasteiger partial charge in [-0.1, -0.05) is 35.2 Å². The molecule has 0 saturated heterocycles. The van der Waals surface area contributed by atoms with Gasteiger partial charge in [-0.15, -0.1) is 10.2 Å². The number of hydrogen-bond donors (Lipinski definition) is 2. The van der Waals surface area contributed by atoms with E-state index >= 15 is 0 Å². The average Bonchev–Trinajstić information content (AvgIpc) is 3.20. The van der Waals surface area contributed by atoms with E-state index in [1.54, 1.807) is 17.6 Å². The van der Waals surface area contributed by atoms with Gasteiger partial charge in [-0.25, -0.2) is 0 Å². The first-order valence-corrected chi connectivity index (χ1v) is 9.95. The van der Waals surface area contributed by atoms with Crippen molar-refractivity contribution in [3.05, 3.63) is 65.2 Å². The highest BCUT2D eigenvalue weighted by molar-refractivity contribution is 8.01. The van der Waals surface area contributed by atoms with E-state index in [2.05, 4.69) is 20.8 Å². The number of anilines is 2. The monoisotopic (exact) mass is 438 g/mol. The van der Waals surface area contributed by atoms with Gasteiger partial charge in [0.2, 0.25) is 5.91 Å². The van der Waals surface area contributed by atoms with Gasteiger partial charge < -0.3 is 10.6 Å². The maximum absolute atomic E-state index is 12.8. The fourth-order valence-corrected chi connectivity index (χ4v) is 3.55. The molecule has 0 fully saturated rings. The minimum atomic E-state index is -4.50. The summed E-state index contributed by atoms with van der Waals surface area (Å²) >= 11 is 2.55. The first kappa shape index (κ1) is 20.8. The first-order chi connectivity index (χ1) is 13.8. The summed E-state index contributed by atoms with van der Waals surface area (Å²) in [6.45, 7) is 0. The topological polar surface area (TPSA) is 84.0 Å². The zero-order valence-electron chi connectivity index (χ0n) is 14.6. The standard InChI is InChI=1S/C18H13F3N4O2S2/c19-18(20,21)12-4-2-6-14(8-12)24-16(27)11-3-1-5-13(7-11)23-15(26)9-28-17-25-22-10-29-17/h1-8,10H,9H2,(H,23,26)(H,24,27). The third-order valence-corrected chi connectivity index (χ3v) is 5.38. The van der Waals surface area contributed by atoms with Crippen molar-refractivity contribution in [1.29, 1.82) is 0 Å². The van der Waals surface area contributed by atoms with Crippen LogP contribution in [0.25, 0.3) is 0 Å². The van der Waals surface area contributed by atoms with Gasteiger partial charge in [-0.2, -0.15) is 13.2 Å². The molecule has 0 spiro atoms. The molecule has 0 aliphatic heterocycles. The van der Waals surface area contributed by atoms with E-state index in [0.717, 1.165) is 12.1 Å². The number of amides is 2. The smallest absolute Gasteiger partial charge is 0.325 e. The van der Waals surface area contributed by atoms with Crippen molar-refractivity contribution in [3.63, 3.8) is 0 Å². The lowest BCUT2D eigenvalue weighted by atomic mass is 10.1. The lowest BCUT2D eigenvalue weighted by molar-refractivity contribution is -0.137. The quantitative estimate of drug-likeness (QED) is 0.552. The predicted molar refractivity (Wildman–Crippen MR) is 105 cm³/mol. The highest BCUT2D eigenvalue weighted by atomic mass is 32.2. The Hall–Kier alpha value is -2.92. The van der Waals surface area contributed by atoms with Gasteiger partial charge >= 0.3 is 6.18 Å². The van der Waals surface area contributed by atoms with E-state index in [1.165, 1.54) is 47.4 Å². The van der Waals surface area contributed by atoms with Crippen LogP contribution in [0.15, 0.2) is 58.4 Å². The highest BCUT2D eigenvalue weighted by Crippen LogP contribution is 2.30. The number of benzene rings is 2. The van der Waals surface area contributed by atoms with E-state index in [9.17, 15) is 22.8 Å². The molecular formula is C18H13F3N4O2S2. The Kier molecular flexibility index (Phi) is 6.49. The molecule has 29 heavy (non-hydrogen) atoms. The van der Waals surface area contributed by atoms with Crippen LogP contribution in [-0.2, 0) is 11.0 Å². The molecule has 11 heteroatoms. The summed E-state index contributed by atoms with van der Waals surface area (Å²) in [6.07, 6.45) is -4.50. The summed E-state index contributed by atoms with van der Waals surface area (Å²) < 4.78 is 39.0. The Bertz CT molecular complexity index is 1010. The van der Waals surface area contributed by atoms with Crippen molar-refractivity contribution in [2.75, 3.05) is 16.4 Å². The number of nitrogens with zero attached hydrogens (tertiary/aromatic N) is 2. The van der Waals surface area contributed by atoms with Gasteiger partial charge in [-0.05, 0) is 36.4 Å². The molecule has 3 aromatic rings. The molecule has 150 valence electrons. The molecule has 0 aliphatic carbocycles. The second kappa shape index (κ2) is 9.05. The van der Waals surface area contributed by atoms with Gasteiger partial charge in [0.1, 0.15) is 5.51 Å². The van der Waals surface area contributed by atoms with Gasteiger partial charge in [0.15, 0.2) is 4.34 Å². The molecule has 2 aromatic carbocycles. The number of aromatic nitrogens is 2. The SMILES string of the molecule is O=C(CSc1nncs1)Nc1cccc(C(=O)Nc2cccc(C(F)(F)F)c2)c1. The fourth-order valence-electron chi connectivity index (χ4n) is 2.26. The Balaban J connectivity index is 1.62. The van der Waals surface area contributed by atoms with Crippen LogP contribution in [-0.4, -0.2) is 27.8 Å². The number of rotatable bonds is 6. The van der Waals surface area contributed by atoms with E-state index < -0.39 is 17.6 Å². The lowest BCUT2D eigenvalue weighted by Gasteiger charge is -2.11. The normalized spacial score (nSPS) is 11.1. The van der Waals surface area contributed by atoms with Crippen LogP contribution < -0.4 is 10.6 Å². The van der Waals surface area contributed by atoms with Crippen LogP contribution in [0.3, 0.4) is 0 Å². The van der Waals surface area contributed by atoms with Crippen LogP contribution in [0.1, 0.15) is 15.9 Å². The van der Waals surface area contributed by atoms with Crippen LogP contribution in [0.2, 0.25) is 0 Å². The molecule has 3 rings (SSSR count). The predicted octanol–water partition coefficient (Wildman–Crippen LogP) is 4.54. The van der Waals surface area contributed by atoms with Crippen molar-refractivity contribution in [1.82, 2.24) is 10.2 Å². The summed E-state index contributed by atoms with van der Waals surface area (Å²) in [7, 11) is 0. The van der Waals surface area contributed by atoms with Crippen LogP contribution in [0.5, 0.6) is 0 Å². The van der Waals surface area contributed by atoms with Crippen LogP contribution in [0, 0.1) is 0 Å². The third-order valence-electron chi connectivity index (χ3n) is 3.52. The average molecular weight is 438 g/mol. The van der Waals surface area contributed by atoms with Crippen LogP contribution in [0.4, 0.5) is 24.5 Å². The number of thioether (sulfide) groups is 1. The number of carbonyl (C=O) groups is 2. The molecule has 2 amide bonds. The first-order valence-electron chi connectivity index (χ1n) is 8.09. The maximum Gasteiger partial charge on any atom is 0.416 e. The molecule has 0 saturated carbocycles. The maximum atomic E-state index is 12.8. The summed E-state index contributed by atoms with van der Waals surface area (Å²) in [4.78, 5) is 24.4. The summed E-state index contributed by atoms with van der Waals surface area (Å²) in [5.74, 6) is -0.764. The Morgan fingerprint density at radius 3 is 2.45 bits per heavy atom. The molecule has 0 atom stereocenters. The lowest BCUT2D eigenvalue weighted by Crippen LogP contribution is -2.16. The van der Waals surface area contributed by atoms with Crippen molar-refractivity contribution < 1.29 is 22.8 Å². The number of hydrogen-bond acceptors (Lipinski definition) is 6. The van der Waals surface area contributed by atoms with Crippen molar-refractivity contribution >= 4 is 46.3 Å². The minimum Gasteiger partial charge on any atom is -0.325 e. The summed E-state index contributed by atoms with van der Waals surface area (Å²) in [5.41, 5.74) is 1.31. The zero-order chi connectivity index (χ0) is 20.9. The Morgan fingerprint density at radius 1 is 1.03 bits per heavy atom. The molecule has 0 bridgehead atoms. The molecule has 6 nitrogen and oxygen atoms in total. The number of carbonyl (C=O) groups excluding carboxylic acids is 2. The van der Waals surface area contributed by atoms with Crippen molar-refractivity contribution in [3.8, 4) is 0 Å². The van der Waals surface area contributed by atoms with Gasteiger partial charge in [0, 0.05) is 16.9 Å². The second-order valence-electron chi connectivity index (χ2n) is 5.65.